The molecule has 0 unspecified atom stereocenters. The molecule has 3 heterocycles. The normalized spacial score (nSPS) is 17.9. The summed E-state index contributed by atoms with van der Waals surface area (Å²) in [5.74, 6) is 2.12. The van der Waals surface area contributed by atoms with Crippen LogP contribution in [0.3, 0.4) is 0 Å². The smallest absolute Gasteiger partial charge is 0.293 e. The third-order valence-corrected chi connectivity index (χ3v) is 6.58. The number of nitrogens with one attached hydrogen (secondary N) is 2. The van der Waals surface area contributed by atoms with E-state index in [0.29, 0.717) is 28.6 Å². The van der Waals surface area contributed by atoms with Crippen LogP contribution in [0.4, 0.5) is 17.5 Å². The summed E-state index contributed by atoms with van der Waals surface area (Å²) in [4.78, 5) is 36.1. The summed E-state index contributed by atoms with van der Waals surface area (Å²) in [5.41, 5.74) is 1.23. The predicted octanol–water partition coefficient (Wildman–Crippen LogP) is 4.38. The van der Waals surface area contributed by atoms with Gasteiger partial charge in [-0.3, -0.25) is 9.59 Å². The first kappa shape index (κ1) is 25.8. The fourth-order valence-electron chi connectivity index (χ4n) is 4.79. The lowest BCUT2D eigenvalue weighted by atomic mass is 9.92. The van der Waals surface area contributed by atoms with Gasteiger partial charge in [0.05, 0.1) is 11.7 Å². The molecule has 3 aromatic rings. The number of anilines is 3. The van der Waals surface area contributed by atoms with Crippen molar-refractivity contribution in [2.75, 3.05) is 37.0 Å². The van der Waals surface area contributed by atoms with E-state index in [9.17, 15) is 9.59 Å². The zero-order valence-corrected chi connectivity index (χ0v) is 22.1. The highest BCUT2D eigenvalue weighted by atomic mass is 35.5. The second-order valence-electron chi connectivity index (χ2n) is 9.86. The predicted molar refractivity (Wildman–Crippen MR) is 144 cm³/mol. The molecule has 9 nitrogen and oxygen atoms in total. The molecule has 0 radical (unpaired) electrons. The number of ether oxygens (including phenoxy) is 1. The maximum absolute atomic E-state index is 13.0. The van der Waals surface area contributed by atoms with Crippen molar-refractivity contribution >= 4 is 45.9 Å². The Balaban J connectivity index is 1.67. The second-order valence-corrected chi connectivity index (χ2v) is 10.3. The number of hydrogen-bond acceptors (Lipinski definition) is 7. The van der Waals surface area contributed by atoms with E-state index in [1.54, 1.807) is 16.8 Å². The number of nitrogens with zero attached hydrogens (tertiary/aromatic N) is 4. The van der Waals surface area contributed by atoms with Crippen molar-refractivity contribution in [2.24, 2.45) is 11.8 Å². The van der Waals surface area contributed by atoms with Crippen LogP contribution in [0.25, 0.3) is 10.9 Å². The molecule has 1 amide bonds. The Hall–Kier alpha value is -3.33. The van der Waals surface area contributed by atoms with Gasteiger partial charge in [-0.15, -0.1) is 0 Å². The number of halogens is 1. The molecule has 0 bridgehead atoms. The van der Waals surface area contributed by atoms with Crippen LogP contribution < -0.4 is 25.8 Å². The standard InChI is InChI=1S/C26H33ClN6O3/c1-15(2)33-21-7-6-19(9-18(21)10-22(25(33)35)36-14-23(34)28-5)30-24-20(27)11-29-26(31-24)32-12-16(3)8-17(4)13-32/h6-7,9-11,15-17H,8,12-14H2,1-5H3,(H,28,34)(H,29,30,31)/t16-,17+. The molecule has 1 saturated heterocycles. The zero-order chi connectivity index (χ0) is 26.0. The van der Waals surface area contributed by atoms with Crippen LogP contribution in [0, 0.1) is 11.8 Å². The van der Waals surface area contributed by atoms with E-state index in [2.05, 4.69) is 34.4 Å². The Bertz CT molecular complexity index is 1320. The molecule has 1 aromatic carbocycles. The van der Waals surface area contributed by atoms with Crippen LogP contribution >= 0.6 is 11.6 Å². The van der Waals surface area contributed by atoms with Gasteiger partial charge < -0.3 is 24.8 Å². The minimum absolute atomic E-state index is 0.101. The van der Waals surface area contributed by atoms with E-state index in [1.807, 2.05) is 32.0 Å². The van der Waals surface area contributed by atoms with Crippen molar-refractivity contribution < 1.29 is 9.53 Å². The van der Waals surface area contributed by atoms with Crippen LogP contribution in [-0.2, 0) is 4.79 Å². The van der Waals surface area contributed by atoms with Gasteiger partial charge in [0, 0.05) is 37.3 Å². The summed E-state index contributed by atoms with van der Waals surface area (Å²) in [7, 11) is 1.52. The quantitative estimate of drug-likeness (QED) is 0.484. The lowest BCUT2D eigenvalue weighted by molar-refractivity contribution is -0.122. The highest BCUT2D eigenvalue weighted by Gasteiger charge is 2.24. The number of likely N-dealkylation sites (N-methyl/N-ethyl adjacent to an activating group) is 1. The molecule has 192 valence electrons. The summed E-state index contributed by atoms with van der Waals surface area (Å²) in [6, 6.07) is 7.23. The largest absolute Gasteiger partial charge is 0.478 e. The van der Waals surface area contributed by atoms with Crippen LogP contribution in [-0.4, -0.2) is 47.2 Å². The van der Waals surface area contributed by atoms with Gasteiger partial charge in [-0.1, -0.05) is 25.4 Å². The van der Waals surface area contributed by atoms with Crippen molar-refractivity contribution in [3.8, 4) is 5.75 Å². The number of carbonyl (C=O) groups is 1. The zero-order valence-electron chi connectivity index (χ0n) is 21.3. The fourth-order valence-corrected chi connectivity index (χ4v) is 4.93. The number of hydrogen-bond donors (Lipinski definition) is 2. The highest BCUT2D eigenvalue weighted by Crippen LogP contribution is 2.30. The number of aromatic nitrogens is 3. The summed E-state index contributed by atoms with van der Waals surface area (Å²) in [6.07, 6.45) is 2.82. The first-order valence-electron chi connectivity index (χ1n) is 12.2. The molecule has 1 aliphatic heterocycles. The average Bonchev–Trinajstić information content (AvgIpc) is 2.83. The number of pyridine rings is 1. The molecule has 0 spiro atoms. The molecular formula is C26H33ClN6O3. The minimum atomic E-state index is -0.312. The van der Waals surface area contributed by atoms with Gasteiger partial charge in [0.2, 0.25) is 5.95 Å². The topological polar surface area (TPSA) is 101 Å². The summed E-state index contributed by atoms with van der Waals surface area (Å²) >= 11 is 6.45. The van der Waals surface area contributed by atoms with E-state index < -0.39 is 0 Å². The molecule has 1 aliphatic rings. The van der Waals surface area contributed by atoms with Crippen molar-refractivity contribution in [3.05, 3.63) is 45.8 Å². The van der Waals surface area contributed by atoms with Gasteiger partial charge in [-0.25, -0.2) is 4.98 Å². The first-order chi connectivity index (χ1) is 17.2. The molecule has 1 fully saturated rings. The molecule has 2 aromatic heterocycles. The number of rotatable bonds is 7. The van der Waals surface area contributed by atoms with Gasteiger partial charge in [0.15, 0.2) is 18.2 Å². The van der Waals surface area contributed by atoms with Gasteiger partial charge in [-0.05, 0) is 56.4 Å². The Morgan fingerprint density at radius 2 is 1.94 bits per heavy atom. The van der Waals surface area contributed by atoms with Crippen molar-refractivity contribution in [3.63, 3.8) is 0 Å². The average molecular weight is 513 g/mol. The van der Waals surface area contributed by atoms with Gasteiger partial charge in [-0.2, -0.15) is 4.98 Å². The van der Waals surface area contributed by atoms with Gasteiger partial charge in [0.1, 0.15) is 5.02 Å². The second kappa shape index (κ2) is 10.7. The van der Waals surface area contributed by atoms with Gasteiger partial charge in [0.25, 0.3) is 11.5 Å². The van der Waals surface area contributed by atoms with Gasteiger partial charge >= 0.3 is 0 Å². The third-order valence-electron chi connectivity index (χ3n) is 6.30. The Morgan fingerprint density at radius 3 is 2.61 bits per heavy atom. The molecule has 4 rings (SSSR count). The lowest BCUT2D eigenvalue weighted by Crippen LogP contribution is -2.39. The van der Waals surface area contributed by atoms with Crippen molar-refractivity contribution in [1.29, 1.82) is 0 Å². The summed E-state index contributed by atoms with van der Waals surface area (Å²) < 4.78 is 7.21. The summed E-state index contributed by atoms with van der Waals surface area (Å²) in [5, 5.41) is 7.00. The van der Waals surface area contributed by atoms with Crippen LogP contribution in [0.2, 0.25) is 5.02 Å². The molecule has 36 heavy (non-hydrogen) atoms. The molecule has 0 saturated carbocycles. The van der Waals surface area contributed by atoms with Crippen LogP contribution in [0.1, 0.15) is 40.2 Å². The van der Waals surface area contributed by atoms with Crippen molar-refractivity contribution in [1.82, 2.24) is 19.9 Å². The van der Waals surface area contributed by atoms with E-state index in [4.69, 9.17) is 21.3 Å². The maximum Gasteiger partial charge on any atom is 0.293 e. The monoisotopic (exact) mass is 512 g/mol. The van der Waals surface area contributed by atoms with E-state index in [0.717, 1.165) is 29.7 Å². The maximum atomic E-state index is 13.0. The highest BCUT2D eigenvalue weighted by molar-refractivity contribution is 6.32. The van der Waals surface area contributed by atoms with Crippen LogP contribution in [0.15, 0.2) is 35.3 Å². The Kier molecular flexibility index (Phi) is 7.68. The molecular weight excluding hydrogens is 480 g/mol. The number of amides is 1. The number of benzene rings is 1. The first-order valence-corrected chi connectivity index (χ1v) is 12.6. The third kappa shape index (κ3) is 5.56. The SMILES string of the molecule is CNC(=O)COc1cc2cc(Nc3nc(N4C[C@H](C)C[C@H](C)C4)ncc3Cl)ccc2n(C(C)C)c1=O. The molecule has 2 atom stereocenters. The minimum Gasteiger partial charge on any atom is -0.478 e. The van der Waals surface area contributed by atoms with E-state index in [-0.39, 0.29) is 29.9 Å². The fraction of sp³-hybridized carbons (Fsp3) is 0.462. The molecule has 2 N–H and O–H groups in total. The molecule has 10 heteroatoms. The van der Waals surface area contributed by atoms with Crippen molar-refractivity contribution in [2.45, 2.75) is 40.2 Å². The van der Waals surface area contributed by atoms with E-state index >= 15 is 0 Å². The number of fused-ring (bicyclic) bond motifs is 1. The van der Waals surface area contributed by atoms with Crippen LogP contribution in [0.5, 0.6) is 5.75 Å². The number of piperidine rings is 1. The van der Waals surface area contributed by atoms with E-state index in [1.165, 1.54) is 13.5 Å². The Morgan fingerprint density at radius 1 is 1.22 bits per heavy atom. The molecule has 0 aliphatic carbocycles. The Labute approximate surface area is 215 Å². The number of carbonyl (C=O) groups excluding carboxylic acids is 1. The lowest BCUT2D eigenvalue weighted by Gasteiger charge is -2.35. The summed E-state index contributed by atoms with van der Waals surface area (Å²) in [6.45, 7) is 9.94.